The summed E-state index contributed by atoms with van der Waals surface area (Å²) in [6, 6.07) is 9.75. The second kappa shape index (κ2) is 7.55. The number of rotatable bonds is 5. The molecule has 0 fully saturated rings. The van der Waals surface area contributed by atoms with Crippen molar-refractivity contribution in [3.63, 3.8) is 0 Å². The Bertz CT molecular complexity index is 692. The summed E-state index contributed by atoms with van der Waals surface area (Å²) < 4.78 is 14.6. The summed E-state index contributed by atoms with van der Waals surface area (Å²) >= 11 is 2.22. The fourth-order valence-electron chi connectivity index (χ4n) is 1.99. The van der Waals surface area contributed by atoms with Crippen LogP contribution in [0.25, 0.3) is 0 Å². The van der Waals surface area contributed by atoms with Gasteiger partial charge >= 0.3 is 0 Å². The third-order valence-corrected chi connectivity index (χ3v) is 3.75. The summed E-state index contributed by atoms with van der Waals surface area (Å²) in [6.07, 6.45) is 0. The van der Waals surface area contributed by atoms with E-state index in [9.17, 15) is 9.18 Å². The molecule has 0 spiro atoms. The van der Waals surface area contributed by atoms with Crippen molar-refractivity contribution >= 4 is 39.9 Å². The monoisotopic (exact) mass is 414 g/mol. The summed E-state index contributed by atoms with van der Waals surface area (Å²) in [6.45, 7) is 1.94. The quantitative estimate of drug-likeness (QED) is 0.659. The molecule has 2 aromatic rings. The minimum absolute atomic E-state index is 0.147. The lowest BCUT2D eigenvalue weighted by Crippen LogP contribution is -2.27. The van der Waals surface area contributed by atoms with E-state index in [2.05, 4.69) is 33.2 Å². The standard InChI is InChI=1S/C16H16FIN2O2/c1-10-8-12(18)3-5-14(10)20-15-9-11(17)2-4-13(15)16(22)19-6-7-21/h2-5,8-9,20-21H,6-7H2,1H3,(H,19,22). The van der Waals surface area contributed by atoms with Crippen molar-refractivity contribution in [2.45, 2.75) is 6.92 Å². The molecule has 0 aliphatic carbocycles. The van der Waals surface area contributed by atoms with Crippen molar-refractivity contribution in [3.05, 3.63) is 56.9 Å². The van der Waals surface area contributed by atoms with Crippen LogP contribution < -0.4 is 10.6 Å². The minimum Gasteiger partial charge on any atom is -0.395 e. The first-order chi connectivity index (χ1) is 10.5. The Morgan fingerprint density at radius 2 is 2.00 bits per heavy atom. The van der Waals surface area contributed by atoms with Gasteiger partial charge in [-0.25, -0.2) is 4.39 Å². The largest absolute Gasteiger partial charge is 0.395 e. The fourth-order valence-corrected chi connectivity index (χ4v) is 2.64. The summed E-state index contributed by atoms with van der Waals surface area (Å²) in [5, 5.41) is 14.4. The Balaban J connectivity index is 2.32. The average Bonchev–Trinajstić information content (AvgIpc) is 2.48. The van der Waals surface area contributed by atoms with E-state index in [1.165, 1.54) is 18.2 Å². The molecule has 0 heterocycles. The summed E-state index contributed by atoms with van der Waals surface area (Å²) in [5.41, 5.74) is 2.52. The molecule has 0 aliphatic heterocycles. The highest BCUT2D eigenvalue weighted by Crippen LogP contribution is 2.25. The number of aryl methyl sites for hydroxylation is 1. The molecule has 0 aliphatic rings. The lowest BCUT2D eigenvalue weighted by Gasteiger charge is -2.14. The molecular formula is C16H16FIN2O2. The number of carbonyl (C=O) groups excluding carboxylic acids is 1. The topological polar surface area (TPSA) is 61.4 Å². The van der Waals surface area contributed by atoms with E-state index in [1.54, 1.807) is 0 Å². The zero-order chi connectivity index (χ0) is 16.1. The van der Waals surface area contributed by atoms with Gasteiger partial charge < -0.3 is 15.7 Å². The maximum absolute atomic E-state index is 13.5. The fraction of sp³-hybridized carbons (Fsp3) is 0.188. The van der Waals surface area contributed by atoms with Crippen LogP contribution in [0.15, 0.2) is 36.4 Å². The SMILES string of the molecule is Cc1cc(I)ccc1Nc1cc(F)ccc1C(=O)NCCO. The molecule has 6 heteroatoms. The molecule has 116 valence electrons. The number of halogens is 2. The first kappa shape index (κ1) is 16.7. The second-order valence-electron chi connectivity index (χ2n) is 4.75. The van der Waals surface area contributed by atoms with Crippen LogP contribution in [0, 0.1) is 16.3 Å². The lowest BCUT2D eigenvalue weighted by molar-refractivity contribution is 0.0945. The van der Waals surface area contributed by atoms with Gasteiger partial charge in [0, 0.05) is 15.8 Å². The number of nitrogens with one attached hydrogen (secondary N) is 2. The van der Waals surface area contributed by atoms with Gasteiger partial charge in [-0.15, -0.1) is 0 Å². The van der Waals surface area contributed by atoms with Crippen LogP contribution in [0.3, 0.4) is 0 Å². The predicted molar refractivity (Wildman–Crippen MR) is 93.0 cm³/mol. The minimum atomic E-state index is -0.427. The van der Waals surface area contributed by atoms with Gasteiger partial charge in [0.05, 0.1) is 17.9 Å². The highest BCUT2D eigenvalue weighted by atomic mass is 127. The molecule has 0 bridgehead atoms. The molecule has 1 amide bonds. The Labute approximate surface area is 141 Å². The van der Waals surface area contributed by atoms with Gasteiger partial charge in [-0.1, -0.05) is 0 Å². The van der Waals surface area contributed by atoms with Crippen molar-refractivity contribution in [1.82, 2.24) is 5.32 Å². The van der Waals surface area contributed by atoms with E-state index in [-0.39, 0.29) is 19.1 Å². The van der Waals surface area contributed by atoms with Crippen molar-refractivity contribution in [2.24, 2.45) is 0 Å². The van der Waals surface area contributed by atoms with Crippen LogP contribution in [0.4, 0.5) is 15.8 Å². The van der Waals surface area contributed by atoms with Crippen LogP contribution >= 0.6 is 22.6 Å². The van der Waals surface area contributed by atoms with Gasteiger partial charge in [0.15, 0.2) is 0 Å². The first-order valence-electron chi connectivity index (χ1n) is 6.73. The Kier molecular flexibility index (Phi) is 5.73. The predicted octanol–water partition coefficient (Wildman–Crippen LogP) is 3.20. The van der Waals surface area contributed by atoms with E-state index in [0.717, 1.165) is 14.8 Å². The molecule has 4 nitrogen and oxygen atoms in total. The van der Waals surface area contributed by atoms with Crippen LogP contribution in [0.1, 0.15) is 15.9 Å². The number of anilines is 2. The molecule has 0 atom stereocenters. The zero-order valence-corrected chi connectivity index (χ0v) is 14.1. The van der Waals surface area contributed by atoms with E-state index in [0.29, 0.717) is 11.3 Å². The number of amides is 1. The van der Waals surface area contributed by atoms with E-state index in [1.807, 2.05) is 25.1 Å². The molecule has 0 unspecified atom stereocenters. The van der Waals surface area contributed by atoms with Crippen LogP contribution in [-0.2, 0) is 0 Å². The van der Waals surface area contributed by atoms with Gasteiger partial charge in [-0.2, -0.15) is 0 Å². The van der Waals surface area contributed by atoms with Gasteiger partial charge in [-0.3, -0.25) is 4.79 Å². The van der Waals surface area contributed by atoms with Gasteiger partial charge in [-0.05, 0) is 71.5 Å². The average molecular weight is 414 g/mol. The number of benzene rings is 2. The van der Waals surface area contributed by atoms with Gasteiger partial charge in [0.1, 0.15) is 5.82 Å². The molecule has 3 N–H and O–H groups in total. The van der Waals surface area contributed by atoms with Crippen molar-refractivity contribution in [3.8, 4) is 0 Å². The van der Waals surface area contributed by atoms with Gasteiger partial charge in [0.25, 0.3) is 5.91 Å². The number of carbonyl (C=O) groups is 1. The number of hydrogen-bond donors (Lipinski definition) is 3. The van der Waals surface area contributed by atoms with E-state index >= 15 is 0 Å². The lowest BCUT2D eigenvalue weighted by atomic mass is 10.1. The van der Waals surface area contributed by atoms with Crippen molar-refractivity contribution in [2.75, 3.05) is 18.5 Å². The van der Waals surface area contributed by atoms with E-state index in [4.69, 9.17) is 5.11 Å². The third kappa shape index (κ3) is 4.17. The molecule has 22 heavy (non-hydrogen) atoms. The van der Waals surface area contributed by atoms with Crippen molar-refractivity contribution < 1.29 is 14.3 Å². The van der Waals surface area contributed by atoms with E-state index < -0.39 is 5.82 Å². The number of aliphatic hydroxyl groups is 1. The summed E-state index contributed by atoms with van der Waals surface area (Å²) in [5.74, 6) is -0.788. The van der Waals surface area contributed by atoms with Crippen LogP contribution in [-0.4, -0.2) is 24.2 Å². The zero-order valence-electron chi connectivity index (χ0n) is 12.0. The molecule has 0 saturated heterocycles. The number of hydrogen-bond acceptors (Lipinski definition) is 3. The molecule has 2 aromatic carbocycles. The maximum Gasteiger partial charge on any atom is 0.253 e. The Hall–Kier alpha value is -1.67. The second-order valence-corrected chi connectivity index (χ2v) is 6.00. The van der Waals surface area contributed by atoms with Crippen LogP contribution in [0.2, 0.25) is 0 Å². The normalized spacial score (nSPS) is 10.4. The highest BCUT2D eigenvalue weighted by Gasteiger charge is 2.13. The molecule has 2 rings (SSSR count). The third-order valence-electron chi connectivity index (χ3n) is 3.08. The molecule has 0 radical (unpaired) electrons. The maximum atomic E-state index is 13.5. The number of aliphatic hydroxyl groups excluding tert-OH is 1. The highest BCUT2D eigenvalue weighted by molar-refractivity contribution is 14.1. The summed E-state index contributed by atoms with van der Waals surface area (Å²) in [7, 11) is 0. The first-order valence-corrected chi connectivity index (χ1v) is 7.81. The Morgan fingerprint density at radius 1 is 1.23 bits per heavy atom. The smallest absolute Gasteiger partial charge is 0.253 e. The molecular weight excluding hydrogens is 398 g/mol. The molecule has 0 aromatic heterocycles. The van der Waals surface area contributed by atoms with Crippen LogP contribution in [0.5, 0.6) is 0 Å². The Morgan fingerprint density at radius 3 is 2.68 bits per heavy atom. The van der Waals surface area contributed by atoms with Gasteiger partial charge in [0.2, 0.25) is 0 Å². The molecule has 0 saturated carbocycles. The summed E-state index contributed by atoms with van der Waals surface area (Å²) in [4.78, 5) is 12.1. The van der Waals surface area contributed by atoms with Crippen molar-refractivity contribution in [1.29, 1.82) is 0 Å².